The first-order valence-electron chi connectivity index (χ1n) is 5.78. The Morgan fingerprint density at radius 1 is 0.944 bits per heavy atom. The maximum atomic E-state index is 10.7. The zero-order valence-electron chi connectivity index (χ0n) is 9.91. The van der Waals surface area contributed by atoms with Crippen LogP contribution in [0, 0.1) is 0 Å². The maximum Gasteiger partial charge on any atom is 0.209 e. The number of rotatable bonds is 4. The van der Waals surface area contributed by atoms with Crippen LogP contribution in [0.1, 0.15) is 16.7 Å². The summed E-state index contributed by atoms with van der Waals surface area (Å²) in [4.78, 5) is 10.7. The molecular weight excluding hydrogens is 240 g/mol. The molecule has 2 aromatic carbocycles. The molecule has 0 aliphatic carbocycles. The van der Waals surface area contributed by atoms with Crippen molar-refractivity contribution < 1.29 is 4.79 Å². The van der Waals surface area contributed by atoms with Gasteiger partial charge in [-0.1, -0.05) is 60.7 Å². The van der Waals surface area contributed by atoms with Crippen LogP contribution in [0.2, 0.25) is 0 Å². The van der Waals surface area contributed by atoms with Gasteiger partial charge < -0.3 is 0 Å². The van der Waals surface area contributed by atoms with Gasteiger partial charge in [0.25, 0.3) is 0 Å². The van der Waals surface area contributed by atoms with Crippen LogP contribution in [0.5, 0.6) is 0 Å². The molecule has 2 aromatic rings. The van der Waals surface area contributed by atoms with Crippen molar-refractivity contribution in [1.82, 2.24) is 0 Å². The Balaban J connectivity index is 2.06. The molecule has 90 valence electrons. The summed E-state index contributed by atoms with van der Waals surface area (Å²) < 4.78 is 0. The van der Waals surface area contributed by atoms with Crippen molar-refractivity contribution in [3.8, 4) is 0 Å². The topological polar surface area (TPSA) is 17.1 Å². The number of hydrogen-bond acceptors (Lipinski definition) is 1. The number of hydrogen-bond donors (Lipinski definition) is 1. The highest BCUT2D eigenvalue weighted by molar-refractivity contribution is 7.97. The van der Waals surface area contributed by atoms with E-state index in [1.807, 2.05) is 30.3 Å². The second-order valence-corrected chi connectivity index (χ2v) is 4.52. The summed E-state index contributed by atoms with van der Waals surface area (Å²) in [7, 11) is 0. The van der Waals surface area contributed by atoms with Crippen LogP contribution in [0.25, 0.3) is 6.08 Å². The third kappa shape index (κ3) is 3.90. The highest BCUT2D eigenvalue weighted by Crippen LogP contribution is 2.11. The summed E-state index contributed by atoms with van der Waals surface area (Å²) in [5, 5.41) is -0.233. The molecule has 0 saturated carbocycles. The zero-order chi connectivity index (χ0) is 12.8. The van der Waals surface area contributed by atoms with E-state index in [4.69, 9.17) is 0 Å². The molecule has 0 unspecified atom stereocenters. The van der Waals surface area contributed by atoms with Gasteiger partial charge in [0.1, 0.15) is 0 Å². The fraction of sp³-hybridized carbons (Fsp3) is 0.0625. The largest absolute Gasteiger partial charge is 0.283 e. The number of thiol groups is 1. The average Bonchev–Trinajstić information content (AvgIpc) is 2.39. The van der Waals surface area contributed by atoms with Crippen molar-refractivity contribution in [1.29, 1.82) is 0 Å². The van der Waals surface area contributed by atoms with Crippen LogP contribution >= 0.6 is 12.6 Å². The number of benzene rings is 2. The van der Waals surface area contributed by atoms with Crippen LogP contribution in [-0.4, -0.2) is 5.12 Å². The third-order valence-corrected chi connectivity index (χ3v) is 2.80. The summed E-state index contributed by atoms with van der Waals surface area (Å²) in [6.45, 7) is 0. The van der Waals surface area contributed by atoms with Gasteiger partial charge in [0, 0.05) is 0 Å². The molecule has 0 bridgehead atoms. The van der Waals surface area contributed by atoms with Crippen molar-refractivity contribution in [2.75, 3.05) is 0 Å². The average molecular weight is 254 g/mol. The molecule has 0 N–H and O–H groups in total. The van der Waals surface area contributed by atoms with E-state index in [9.17, 15) is 4.79 Å². The van der Waals surface area contributed by atoms with Crippen LogP contribution < -0.4 is 0 Å². The minimum atomic E-state index is -0.233. The van der Waals surface area contributed by atoms with Gasteiger partial charge in [0.15, 0.2) is 0 Å². The van der Waals surface area contributed by atoms with Crippen molar-refractivity contribution in [3.05, 3.63) is 77.4 Å². The summed E-state index contributed by atoms with van der Waals surface area (Å²) in [6.07, 6.45) is 4.15. The van der Waals surface area contributed by atoms with Gasteiger partial charge in [-0.15, -0.1) is 12.6 Å². The standard InChI is InChI=1S/C16H14OS/c17-16(18)11-10-13-6-8-15(9-7-13)12-14-4-2-1-3-5-14/h1-11H,12H2,(H,17,18)/b11-10+. The molecule has 0 saturated heterocycles. The molecule has 0 aromatic heterocycles. The van der Waals surface area contributed by atoms with Gasteiger partial charge in [-0.3, -0.25) is 4.79 Å². The van der Waals surface area contributed by atoms with E-state index in [-0.39, 0.29) is 5.12 Å². The van der Waals surface area contributed by atoms with Crippen molar-refractivity contribution in [2.24, 2.45) is 0 Å². The fourth-order valence-electron chi connectivity index (χ4n) is 1.75. The van der Waals surface area contributed by atoms with E-state index >= 15 is 0 Å². The van der Waals surface area contributed by atoms with Crippen LogP contribution in [0.3, 0.4) is 0 Å². The van der Waals surface area contributed by atoms with Crippen LogP contribution in [0.15, 0.2) is 60.7 Å². The second kappa shape index (κ2) is 6.22. The minimum Gasteiger partial charge on any atom is -0.283 e. The second-order valence-electron chi connectivity index (χ2n) is 4.08. The van der Waals surface area contributed by atoms with E-state index < -0.39 is 0 Å². The lowest BCUT2D eigenvalue weighted by Crippen LogP contribution is -1.87. The first-order valence-corrected chi connectivity index (χ1v) is 6.22. The summed E-state index contributed by atoms with van der Waals surface area (Å²) in [5.74, 6) is 0. The van der Waals surface area contributed by atoms with E-state index in [0.717, 1.165) is 12.0 Å². The molecule has 1 nitrogen and oxygen atoms in total. The molecule has 0 atom stereocenters. The van der Waals surface area contributed by atoms with Crippen LogP contribution in [-0.2, 0) is 11.2 Å². The lowest BCUT2D eigenvalue weighted by Gasteiger charge is -2.02. The highest BCUT2D eigenvalue weighted by Gasteiger charge is 1.95. The van der Waals surface area contributed by atoms with Gasteiger partial charge in [-0.2, -0.15) is 0 Å². The van der Waals surface area contributed by atoms with E-state index in [0.29, 0.717) is 0 Å². The molecule has 2 heteroatoms. The normalized spacial score (nSPS) is 10.7. The molecule has 18 heavy (non-hydrogen) atoms. The van der Waals surface area contributed by atoms with Gasteiger partial charge in [-0.25, -0.2) is 0 Å². The van der Waals surface area contributed by atoms with Gasteiger partial charge in [-0.05, 0) is 29.2 Å². The molecule has 0 aliphatic heterocycles. The van der Waals surface area contributed by atoms with E-state index in [1.54, 1.807) is 6.08 Å². The van der Waals surface area contributed by atoms with Gasteiger partial charge >= 0.3 is 0 Å². The van der Waals surface area contributed by atoms with Crippen LogP contribution in [0.4, 0.5) is 0 Å². The first-order chi connectivity index (χ1) is 8.74. The minimum absolute atomic E-state index is 0.233. The Bertz CT molecular complexity index is 541. The Kier molecular flexibility index (Phi) is 4.37. The molecule has 0 spiro atoms. The fourth-order valence-corrected chi connectivity index (χ4v) is 1.82. The molecule has 0 fully saturated rings. The lowest BCUT2D eigenvalue weighted by molar-refractivity contribution is -0.106. The van der Waals surface area contributed by atoms with Gasteiger partial charge in [0.05, 0.1) is 0 Å². The lowest BCUT2D eigenvalue weighted by atomic mass is 10.0. The quantitative estimate of drug-likeness (QED) is 0.649. The molecule has 0 aliphatic rings. The Morgan fingerprint density at radius 3 is 2.17 bits per heavy atom. The molecule has 0 radical (unpaired) electrons. The van der Waals surface area contributed by atoms with E-state index in [1.165, 1.54) is 17.2 Å². The molecule has 0 amide bonds. The smallest absolute Gasteiger partial charge is 0.209 e. The monoisotopic (exact) mass is 254 g/mol. The predicted molar refractivity (Wildman–Crippen MR) is 78.7 cm³/mol. The summed E-state index contributed by atoms with van der Waals surface area (Å²) in [6, 6.07) is 18.5. The van der Waals surface area contributed by atoms with Crippen molar-refractivity contribution in [2.45, 2.75) is 6.42 Å². The summed E-state index contributed by atoms with van der Waals surface area (Å²) >= 11 is 3.69. The number of carbonyl (C=O) groups is 1. The molecule has 0 heterocycles. The predicted octanol–water partition coefficient (Wildman–Crippen LogP) is 3.75. The first kappa shape index (κ1) is 12.7. The Hall–Kier alpha value is -1.80. The SMILES string of the molecule is O=C(S)/C=C/c1ccc(Cc2ccccc2)cc1. The maximum absolute atomic E-state index is 10.7. The molecule has 2 rings (SSSR count). The Labute approximate surface area is 113 Å². The number of carbonyl (C=O) groups excluding carboxylic acids is 1. The zero-order valence-corrected chi connectivity index (χ0v) is 10.8. The molecular formula is C16H14OS. The Morgan fingerprint density at radius 2 is 1.56 bits per heavy atom. The third-order valence-electron chi connectivity index (χ3n) is 2.65. The van der Waals surface area contributed by atoms with E-state index in [2.05, 4.69) is 36.9 Å². The van der Waals surface area contributed by atoms with Crippen molar-refractivity contribution in [3.63, 3.8) is 0 Å². The van der Waals surface area contributed by atoms with Gasteiger partial charge in [0.2, 0.25) is 5.12 Å². The van der Waals surface area contributed by atoms with Crippen molar-refractivity contribution >= 4 is 23.8 Å². The summed E-state index contributed by atoms with van der Waals surface area (Å²) in [5.41, 5.74) is 3.57. The highest BCUT2D eigenvalue weighted by atomic mass is 32.1.